The summed E-state index contributed by atoms with van der Waals surface area (Å²) in [5.41, 5.74) is 0.515. The Morgan fingerprint density at radius 2 is 2.19 bits per heavy atom. The van der Waals surface area contributed by atoms with Crippen molar-refractivity contribution in [2.45, 2.75) is 26.4 Å². The van der Waals surface area contributed by atoms with Gasteiger partial charge in [0.15, 0.2) is 0 Å². The Balaban J connectivity index is 1.81. The molecule has 0 unspecified atom stereocenters. The molecular weight excluding hydrogens is 268 g/mol. The zero-order valence-corrected chi connectivity index (χ0v) is 12.9. The molecule has 1 aromatic carbocycles. The highest BCUT2D eigenvalue weighted by Gasteiger charge is 2.32. The van der Waals surface area contributed by atoms with E-state index in [9.17, 15) is 4.79 Å². The Morgan fingerprint density at radius 3 is 2.81 bits per heavy atom. The molecule has 5 nitrogen and oxygen atoms in total. The number of hydrogen-bond acceptors (Lipinski definition) is 4. The van der Waals surface area contributed by atoms with Crippen LogP contribution in [0.1, 0.15) is 20.8 Å². The summed E-state index contributed by atoms with van der Waals surface area (Å²) >= 11 is 0. The van der Waals surface area contributed by atoms with E-state index in [2.05, 4.69) is 24.5 Å². The molecule has 1 saturated heterocycles. The van der Waals surface area contributed by atoms with Crippen molar-refractivity contribution in [1.29, 1.82) is 0 Å². The quantitative estimate of drug-likeness (QED) is 0.807. The molecule has 0 radical (unpaired) electrons. The fourth-order valence-corrected chi connectivity index (χ4v) is 1.94. The Labute approximate surface area is 126 Å². The molecular formula is C16H24N2O3. The van der Waals surface area contributed by atoms with E-state index in [1.54, 1.807) is 0 Å². The molecule has 0 atom stereocenters. The van der Waals surface area contributed by atoms with Crippen molar-refractivity contribution in [3.8, 4) is 5.75 Å². The molecule has 0 bridgehead atoms. The number of rotatable bonds is 7. The first kappa shape index (κ1) is 15.8. The first-order valence-corrected chi connectivity index (χ1v) is 7.34. The lowest BCUT2D eigenvalue weighted by Gasteiger charge is -2.38. The molecule has 2 N–H and O–H groups in total. The van der Waals surface area contributed by atoms with Crippen molar-refractivity contribution >= 4 is 11.6 Å². The molecule has 1 fully saturated rings. The predicted octanol–water partition coefficient (Wildman–Crippen LogP) is 2.04. The average molecular weight is 292 g/mol. The summed E-state index contributed by atoms with van der Waals surface area (Å²) in [7, 11) is 0. The standard InChI is InChI=1S/C16H24N2O3/c1-12(2)8-20-14-6-4-5-13(7-14)18-15(19)9-21-16(3)10-17-11-16/h4-7,12,17H,8-11H2,1-3H3,(H,18,19). The van der Waals surface area contributed by atoms with Crippen molar-refractivity contribution in [3.63, 3.8) is 0 Å². The van der Waals surface area contributed by atoms with Gasteiger partial charge in [-0.2, -0.15) is 0 Å². The second-order valence-electron chi connectivity index (χ2n) is 6.12. The summed E-state index contributed by atoms with van der Waals surface area (Å²) in [6.07, 6.45) is 0. The number of carbonyl (C=O) groups is 1. The zero-order valence-electron chi connectivity index (χ0n) is 12.9. The third kappa shape index (κ3) is 5.02. The molecule has 1 aliphatic heterocycles. The third-order valence-corrected chi connectivity index (χ3v) is 3.25. The number of ether oxygens (including phenoxy) is 2. The molecule has 0 saturated carbocycles. The van der Waals surface area contributed by atoms with E-state index in [0.29, 0.717) is 12.5 Å². The number of anilines is 1. The molecule has 1 amide bonds. The van der Waals surface area contributed by atoms with Crippen LogP contribution in [0.4, 0.5) is 5.69 Å². The molecule has 1 aliphatic rings. The maximum Gasteiger partial charge on any atom is 0.250 e. The molecule has 1 heterocycles. The summed E-state index contributed by atoms with van der Waals surface area (Å²) in [6.45, 7) is 8.49. The van der Waals surface area contributed by atoms with Gasteiger partial charge in [-0.05, 0) is 25.0 Å². The van der Waals surface area contributed by atoms with Crippen LogP contribution < -0.4 is 15.4 Å². The summed E-state index contributed by atoms with van der Waals surface area (Å²) < 4.78 is 11.2. The van der Waals surface area contributed by atoms with Gasteiger partial charge in [0.1, 0.15) is 12.4 Å². The van der Waals surface area contributed by atoms with Crippen LogP contribution in [0.3, 0.4) is 0 Å². The first-order valence-electron chi connectivity index (χ1n) is 7.34. The molecule has 0 aliphatic carbocycles. The fraction of sp³-hybridized carbons (Fsp3) is 0.562. The summed E-state index contributed by atoms with van der Waals surface area (Å²) in [6, 6.07) is 7.42. The van der Waals surface area contributed by atoms with Gasteiger partial charge in [0.25, 0.3) is 0 Å². The van der Waals surface area contributed by atoms with E-state index in [4.69, 9.17) is 9.47 Å². The van der Waals surface area contributed by atoms with E-state index in [-0.39, 0.29) is 18.1 Å². The largest absolute Gasteiger partial charge is 0.493 e. The van der Waals surface area contributed by atoms with Crippen molar-refractivity contribution in [2.75, 3.05) is 31.6 Å². The maximum atomic E-state index is 11.9. The van der Waals surface area contributed by atoms with E-state index in [1.165, 1.54) is 0 Å². The van der Waals surface area contributed by atoms with Crippen molar-refractivity contribution in [1.82, 2.24) is 5.32 Å². The molecule has 21 heavy (non-hydrogen) atoms. The topological polar surface area (TPSA) is 59.6 Å². The summed E-state index contributed by atoms with van der Waals surface area (Å²) in [5, 5.41) is 5.96. The lowest BCUT2D eigenvalue weighted by Crippen LogP contribution is -2.59. The van der Waals surface area contributed by atoms with Gasteiger partial charge in [-0.25, -0.2) is 0 Å². The van der Waals surface area contributed by atoms with E-state index < -0.39 is 0 Å². The molecule has 5 heteroatoms. The highest BCUT2D eigenvalue weighted by atomic mass is 16.5. The Hall–Kier alpha value is -1.59. The van der Waals surface area contributed by atoms with Gasteiger partial charge in [-0.3, -0.25) is 4.79 Å². The van der Waals surface area contributed by atoms with Gasteiger partial charge in [0.05, 0.1) is 12.2 Å². The van der Waals surface area contributed by atoms with Crippen LogP contribution >= 0.6 is 0 Å². The minimum atomic E-state index is -0.209. The second-order valence-corrected chi connectivity index (χ2v) is 6.12. The Morgan fingerprint density at radius 1 is 1.43 bits per heavy atom. The minimum absolute atomic E-state index is 0.0647. The fourth-order valence-electron chi connectivity index (χ4n) is 1.94. The van der Waals surface area contributed by atoms with Crippen LogP contribution in [0, 0.1) is 5.92 Å². The smallest absolute Gasteiger partial charge is 0.250 e. The number of amides is 1. The van der Waals surface area contributed by atoms with Crippen LogP contribution in [-0.2, 0) is 9.53 Å². The van der Waals surface area contributed by atoms with Crippen molar-refractivity contribution in [2.24, 2.45) is 5.92 Å². The van der Waals surface area contributed by atoms with Crippen LogP contribution in [-0.4, -0.2) is 37.8 Å². The number of carbonyl (C=O) groups excluding carboxylic acids is 1. The number of hydrogen-bond donors (Lipinski definition) is 2. The van der Waals surface area contributed by atoms with Gasteiger partial charge in [-0.1, -0.05) is 19.9 Å². The van der Waals surface area contributed by atoms with Crippen LogP contribution in [0.2, 0.25) is 0 Å². The first-order chi connectivity index (χ1) is 9.97. The van der Waals surface area contributed by atoms with Gasteiger partial charge in [-0.15, -0.1) is 0 Å². The molecule has 2 rings (SSSR count). The number of benzene rings is 1. The van der Waals surface area contributed by atoms with Crippen LogP contribution in [0.25, 0.3) is 0 Å². The third-order valence-electron chi connectivity index (χ3n) is 3.25. The Bertz CT molecular complexity index is 484. The van der Waals surface area contributed by atoms with Crippen LogP contribution in [0.5, 0.6) is 5.75 Å². The van der Waals surface area contributed by atoms with Crippen molar-refractivity contribution < 1.29 is 14.3 Å². The predicted molar refractivity (Wildman–Crippen MR) is 82.6 cm³/mol. The average Bonchev–Trinajstić information content (AvgIpc) is 2.41. The van der Waals surface area contributed by atoms with E-state index in [1.807, 2.05) is 31.2 Å². The molecule has 0 spiro atoms. The lowest BCUT2D eigenvalue weighted by molar-refractivity contribution is -0.130. The Kier molecular flexibility index (Phi) is 5.20. The van der Waals surface area contributed by atoms with Crippen LogP contribution in [0.15, 0.2) is 24.3 Å². The molecule has 116 valence electrons. The minimum Gasteiger partial charge on any atom is -0.493 e. The molecule has 0 aromatic heterocycles. The monoisotopic (exact) mass is 292 g/mol. The van der Waals surface area contributed by atoms with Gasteiger partial charge in [0.2, 0.25) is 5.91 Å². The summed E-state index contributed by atoms with van der Waals surface area (Å²) in [5.74, 6) is 1.08. The maximum absolute atomic E-state index is 11.9. The van der Waals surface area contributed by atoms with E-state index in [0.717, 1.165) is 24.5 Å². The highest BCUT2D eigenvalue weighted by molar-refractivity contribution is 5.91. The number of nitrogens with one attached hydrogen (secondary N) is 2. The van der Waals surface area contributed by atoms with Gasteiger partial charge in [0, 0.05) is 24.8 Å². The van der Waals surface area contributed by atoms with Gasteiger partial charge >= 0.3 is 0 Å². The summed E-state index contributed by atoms with van der Waals surface area (Å²) in [4.78, 5) is 11.9. The second kappa shape index (κ2) is 6.91. The normalized spacial score (nSPS) is 16.4. The zero-order chi connectivity index (χ0) is 15.3. The lowest BCUT2D eigenvalue weighted by atomic mass is 10.0. The SMILES string of the molecule is CC(C)COc1cccc(NC(=O)COC2(C)CNC2)c1. The van der Waals surface area contributed by atoms with Crippen molar-refractivity contribution in [3.05, 3.63) is 24.3 Å². The van der Waals surface area contributed by atoms with E-state index >= 15 is 0 Å². The highest BCUT2D eigenvalue weighted by Crippen LogP contribution is 2.19. The molecule has 1 aromatic rings. The van der Waals surface area contributed by atoms with Gasteiger partial charge < -0.3 is 20.1 Å².